The van der Waals surface area contributed by atoms with Crippen LogP contribution in [0.4, 0.5) is 11.4 Å². The number of hydrogen-bond donors (Lipinski definition) is 1. The molecule has 0 bridgehead atoms. The van der Waals surface area contributed by atoms with Gasteiger partial charge in [0, 0.05) is 37.8 Å². The van der Waals surface area contributed by atoms with Gasteiger partial charge in [-0.15, -0.1) is 0 Å². The van der Waals surface area contributed by atoms with E-state index in [9.17, 15) is 18.0 Å². The Balaban J connectivity index is 1.47. The molecule has 1 N–H and O–H groups in total. The summed E-state index contributed by atoms with van der Waals surface area (Å²) in [4.78, 5) is 26.6. The molecular weight excluding hydrogens is 442 g/mol. The third kappa shape index (κ3) is 4.47. The number of benzene rings is 2. The van der Waals surface area contributed by atoms with E-state index in [0.29, 0.717) is 29.8 Å². The molecule has 0 radical (unpaired) electrons. The van der Waals surface area contributed by atoms with Crippen LogP contribution >= 0.6 is 0 Å². The summed E-state index contributed by atoms with van der Waals surface area (Å²) in [6.07, 6.45) is 0.229. The average molecular weight is 472 g/mol. The van der Waals surface area contributed by atoms with Gasteiger partial charge >= 0.3 is 0 Å². The molecule has 0 spiro atoms. The Hall–Kier alpha value is -2.91. The topological polar surface area (TPSA) is 96.0 Å². The highest BCUT2D eigenvalue weighted by Gasteiger charge is 2.35. The van der Waals surface area contributed by atoms with Gasteiger partial charge in [-0.1, -0.05) is 17.7 Å². The predicted octanol–water partition coefficient (Wildman–Crippen LogP) is 3.09. The van der Waals surface area contributed by atoms with E-state index >= 15 is 0 Å². The summed E-state index contributed by atoms with van der Waals surface area (Å²) >= 11 is 0. The number of hydrogen-bond acceptors (Lipinski definition) is 5. The highest BCUT2D eigenvalue weighted by atomic mass is 32.2. The Morgan fingerprint density at radius 3 is 2.39 bits per heavy atom. The third-order valence-electron chi connectivity index (χ3n) is 6.38. The first-order chi connectivity index (χ1) is 15.6. The van der Waals surface area contributed by atoms with Crippen LogP contribution in [0.5, 0.6) is 5.75 Å². The molecule has 2 aliphatic rings. The minimum atomic E-state index is -3.77. The van der Waals surface area contributed by atoms with Crippen LogP contribution in [0, 0.1) is 19.8 Å². The molecule has 4 rings (SSSR count). The maximum Gasteiger partial charge on any atom is 0.265 e. The molecule has 1 unspecified atom stereocenters. The lowest BCUT2D eigenvalue weighted by atomic mass is 9.96. The zero-order valence-electron chi connectivity index (χ0n) is 19.3. The smallest absolute Gasteiger partial charge is 0.265 e. The second kappa shape index (κ2) is 8.79. The number of carbonyl (C=O) groups is 2. The summed E-state index contributed by atoms with van der Waals surface area (Å²) in [6, 6.07) is 10.9. The molecule has 2 aromatic carbocycles. The van der Waals surface area contributed by atoms with Crippen molar-refractivity contribution in [2.75, 3.05) is 30.4 Å². The Kier molecular flexibility index (Phi) is 6.20. The first-order valence-electron chi connectivity index (χ1n) is 11.0. The Bertz CT molecular complexity index is 1190. The van der Waals surface area contributed by atoms with E-state index in [4.69, 9.17) is 4.74 Å². The van der Waals surface area contributed by atoms with Crippen LogP contribution in [-0.2, 0) is 19.6 Å². The summed E-state index contributed by atoms with van der Waals surface area (Å²) in [7, 11) is -2.01. The Morgan fingerprint density at radius 2 is 1.76 bits per heavy atom. The van der Waals surface area contributed by atoms with Gasteiger partial charge in [-0.3, -0.25) is 9.59 Å². The van der Waals surface area contributed by atoms with Crippen molar-refractivity contribution in [3.8, 4) is 5.75 Å². The standard InChI is InChI=1S/C24H29N3O5S/c1-15-5-7-19(8-6-15)26(4)24(29)18-9-11-27(12-10-18)33(30,31)22-14-21-20(13-16(22)2)25-23(28)17(3)32-21/h5-8,13-14,17-18H,9-12H2,1-4H3,(H,25,28). The first kappa shape index (κ1) is 23.3. The van der Waals surface area contributed by atoms with Crippen molar-refractivity contribution in [3.63, 3.8) is 0 Å². The summed E-state index contributed by atoms with van der Waals surface area (Å²) in [5.74, 6) is -0.151. The predicted molar refractivity (Wildman–Crippen MR) is 126 cm³/mol. The van der Waals surface area contributed by atoms with Crippen molar-refractivity contribution in [2.24, 2.45) is 5.92 Å². The van der Waals surface area contributed by atoms with Crippen molar-refractivity contribution in [2.45, 2.75) is 44.6 Å². The quantitative estimate of drug-likeness (QED) is 0.739. The van der Waals surface area contributed by atoms with E-state index in [1.54, 1.807) is 31.9 Å². The monoisotopic (exact) mass is 471 g/mol. The summed E-state index contributed by atoms with van der Waals surface area (Å²) < 4.78 is 33.8. The second-order valence-electron chi connectivity index (χ2n) is 8.77. The number of rotatable bonds is 4. The zero-order valence-corrected chi connectivity index (χ0v) is 20.1. The van der Waals surface area contributed by atoms with Crippen LogP contribution in [0.2, 0.25) is 0 Å². The number of ether oxygens (including phenoxy) is 1. The fourth-order valence-corrected chi connectivity index (χ4v) is 5.96. The van der Waals surface area contributed by atoms with E-state index in [1.807, 2.05) is 31.2 Å². The minimum Gasteiger partial charge on any atom is -0.479 e. The van der Waals surface area contributed by atoms with Gasteiger partial charge in [0.1, 0.15) is 5.75 Å². The van der Waals surface area contributed by atoms with E-state index in [1.165, 1.54) is 10.4 Å². The van der Waals surface area contributed by atoms with Crippen LogP contribution in [0.25, 0.3) is 0 Å². The van der Waals surface area contributed by atoms with Crippen molar-refractivity contribution in [1.82, 2.24) is 4.31 Å². The number of piperidine rings is 1. The van der Waals surface area contributed by atoms with Crippen LogP contribution in [0.15, 0.2) is 41.3 Å². The van der Waals surface area contributed by atoms with Crippen molar-refractivity contribution >= 4 is 33.2 Å². The van der Waals surface area contributed by atoms with E-state index in [2.05, 4.69) is 5.32 Å². The molecule has 0 aliphatic carbocycles. The molecule has 0 aromatic heterocycles. The van der Waals surface area contributed by atoms with Gasteiger partial charge < -0.3 is 15.0 Å². The highest BCUT2D eigenvalue weighted by Crippen LogP contribution is 2.36. The molecule has 176 valence electrons. The van der Waals surface area contributed by atoms with Gasteiger partial charge in [-0.25, -0.2) is 8.42 Å². The largest absolute Gasteiger partial charge is 0.479 e. The molecule has 2 aromatic rings. The Morgan fingerprint density at radius 1 is 1.12 bits per heavy atom. The lowest BCUT2D eigenvalue weighted by Gasteiger charge is -2.33. The zero-order chi connectivity index (χ0) is 23.9. The van der Waals surface area contributed by atoms with Crippen molar-refractivity contribution < 1.29 is 22.7 Å². The van der Waals surface area contributed by atoms with Crippen LogP contribution < -0.4 is 15.0 Å². The molecule has 2 heterocycles. The van der Waals surface area contributed by atoms with E-state index < -0.39 is 16.1 Å². The van der Waals surface area contributed by atoms with Gasteiger partial charge in [0.25, 0.3) is 5.91 Å². The molecule has 1 atom stereocenters. The number of nitrogens with one attached hydrogen (secondary N) is 1. The number of sulfonamides is 1. The van der Waals surface area contributed by atoms with Gasteiger partial charge in [0.2, 0.25) is 15.9 Å². The number of anilines is 2. The van der Waals surface area contributed by atoms with Crippen LogP contribution in [0.3, 0.4) is 0 Å². The van der Waals surface area contributed by atoms with Gasteiger partial charge in [-0.2, -0.15) is 4.31 Å². The normalized spacial score (nSPS) is 19.4. The Labute approximate surface area is 194 Å². The maximum atomic E-state index is 13.4. The minimum absolute atomic E-state index is 0.000934. The van der Waals surface area contributed by atoms with Crippen molar-refractivity contribution in [1.29, 1.82) is 0 Å². The number of nitrogens with zero attached hydrogens (tertiary/aromatic N) is 2. The molecule has 9 heteroatoms. The summed E-state index contributed by atoms with van der Waals surface area (Å²) in [6.45, 7) is 5.84. The fraction of sp³-hybridized carbons (Fsp3) is 0.417. The van der Waals surface area contributed by atoms with Gasteiger partial charge in [0.15, 0.2) is 6.10 Å². The second-order valence-corrected chi connectivity index (χ2v) is 10.7. The fourth-order valence-electron chi connectivity index (χ4n) is 4.27. The molecule has 2 aliphatic heterocycles. The number of aryl methyl sites for hydroxylation is 2. The number of carbonyl (C=O) groups excluding carboxylic acids is 2. The molecule has 1 saturated heterocycles. The third-order valence-corrected chi connectivity index (χ3v) is 8.42. The molecule has 1 fully saturated rings. The molecule has 33 heavy (non-hydrogen) atoms. The van der Waals surface area contributed by atoms with Gasteiger partial charge in [-0.05, 0) is 57.4 Å². The van der Waals surface area contributed by atoms with Gasteiger partial charge in [0.05, 0.1) is 10.6 Å². The molecule has 2 amide bonds. The highest BCUT2D eigenvalue weighted by molar-refractivity contribution is 7.89. The SMILES string of the molecule is Cc1ccc(N(C)C(=O)C2CCN(S(=O)(=O)c3cc4c(cc3C)NC(=O)C(C)O4)CC2)cc1. The van der Waals surface area contributed by atoms with Crippen LogP contribution in [-0.4, -0.2) is 50.8 Å². The van der Waals surface area contributed by atoms with Crippen LogP contribution in [0.1, 0.15) is 30.9 Å². The number of amides is 2. The lowest BCUT2D eigenvalue weighted by Crippen LogP contribution is -2.43. The lowest BCUT2D eigenvalue weighted by molar-refractivity contribution is -0.123. The average Bonchev–Trinajstić information content (AvgIpc) is 2.79. The molecular formula is C24H29N3O5S. The summed E-state index contributed by atoms with van der Waals surface area (Å²) in [5.41, 5.74) is 2.95. The maximum absolute atomic E-state index is 13.4. The number of fused-ring (bicyclic) bond motifs is 1. The van der Waals surface area contributed by atoms with E-state index in [-0.39, 0.29) is 35.7 Å². The molecule has 0 saturated carbocycles. The van der Waals surface area contributed by atoms with Crippen molar-refractivity contribution in [3.05, 3.63) is 47.5 Å². The summed E-state index contributed by atoms with van der Waals surface area (Å²) in [5, 5.41) is 2.74. The van der Waals surface area contributed by atoms with E-state index in [0.717, 1.165) is 11.3 Å². The molecule has 8 nitrogen and oxygen atoms in total. The first-order valence-corrected chi connectivity index (χ1v) is 12.5.